The van der Waals surface area contributed by atoms with Crippen molar-refractivity contribution < 1.29 is 18.7 Å². The van der Waals surface area contributed by atoms with Crippen molar-refractivity contribution in [2.45, 2.75) is 46.8 Å². The highest BCUT2D eigenvalue weighted by Crippen LogP contribution is 2.28. The number of hydrogen-bond acceptors (Lipinski definition) is 5. The maximum Gasteiger partial charge on any atom is 0.291 e. The summed E-state index contributed by atoms with van der Waals surface area (Å²) >= 11 is 0. The minimum Gasteiger partial charge on any atom is -0.485 e. The molecular formula is C28H30N4O4. The monoisotopic (exact) mass is 486 g/mol. The summed E-state index contributed by atoms with van der Waals surface area (Å²) in [6, 6.07) is 18.1. The fourth-order valence-corrected chi connectivity index (χ4v) is 3.81. The summed E-state index contributed by atoms with van der Waals surface area (Å²) in [5.74, 6) is 1.18. The van der Waals surface area contributed by atoms with E-state index in [1.807, 2.05) is 19.9 Å². The highest BCUT2D eigenvalue weighted by atomic mass is 16.5. The van der Waals surface area contributed by atoms with Crippen LogP contribution >= 0.6 is 0 Å². The molecule has 0 saturated carbocycles. The fourth-order valence-electron chi connectivity index (χ4n) is 3.81. The van der Waals surface area contributed by atoms with Crippen LogP contribution in [0.2, 0.25) is 0 Å². The number of furan rings is 1. The second kappa shape index (κ2) is 10.9. The Kier molecular flexibility index (Phi) is 7.53. The van der Waals surface area contributed by atoms with Crippen molar-refractivity contribution in [3.63, 3.8) is 0 Å². The summed E-state index contributed by atoms with van der Waals surface area (Å²) in [5, 5.41) is 9.75. The Bertz CT molecular complexity index is 1370. The molecule has 8 heteroatoms. The van der Waals surface area contributed by atoms with Gasteiger partial charge in [-0.1, -0.05) is 32.0 Å². The first-order valence-corrected chi connectivity index (χ1v) is 11.9. The molecule has 8 nitrogen and oxygen atoms in total. The van der Waals surface area contributed by atoms with Crippen molar-refractivity contribution in [3.05, 3.63) is 95.2 Å². The molecule has 0 unspecified atom stereocenters. The average Bonchev–Trinajstić information content (AvgIpc) is 3.52. The molecule has 36 heavy (non-hydrogen) atoms. The van der Waals surface area contributed by atoms with Gasteiger partial charge in [0.2, 0.25) is 0 Å². The molecule has 2 aromatic heterocycles. The van der Waals surface area contributed by atoms with Crippen LogP contribution in [0.15, 0.2) is 71.3 Å². The predicted molar refractivity (Wildman–Crippen MR) is 139 cm³/mol. The Morgan fingerprint density at radius 1 is 1.00 bits per heavy atom. The summed E-state index contributed by atoms with van der Waals surface area (Å²) in [6.45, 7) is 8.98. The molecule has 4 aromatic rings. The van der Waals surface area contributed by atoms with E-state index < -0.39 is 5.91 Å². The van der Waals surface area contributed by atoms with E-state index in [0.29, 0.717) is 35.3 Å². The first kappa shape index (κ1) is 24.8. The third kappa shape index (κ3) is 5.83. The fraction of sp³-hybridized carbons (Fsp3) is 0.250. The molecule has 0 atom stereocenters. The first-order chi connectivity index (χ1) is 17.3. The topological polar surface area (TPSA) is 98.4 Å². The lowest BCUT2D eigenvalue weighted by Crippen LogP contribution is -2.17. The summed E-state index contributed by atoms with van der Waals surface area (Å²) in [7, 11) is 0. The Labute approximate surface area is 210 Å². The SMILES string of the molecule is CCn1nccc1C(=O)Nc1cccc(NC(=O)c2ccc(COc3cc(C)ccc3C(C)C)o2)c1. The zero-order chi connectivity index (χ0) is 25.7. The molecule has 186 valence electrons. The number of nitrogens with one attached hydrogen (secondary N) is 2. The predicted octanol–water partition coefficient (Wildman–Crippen LogP) is 6.01. The molecule has 2 aromatic carbocycles. The Balaban J connectivity index is 1.38. The van der Waals surface area contributed by atoms with Crippen LogP contribution in [0, 0.1) is 6.92 Å². The highest BCUT2D eigenvalue weighted by Gasteiger charge is 2.15. The van der Waals surface area contributed by atoms with Crippen LogP contribution < -0.4 is 15.4 Å². The molecule has 2 N–H and O–H groups in total. The van der Waals surface area contributed by atoms with Crippen LogP contribution in [0.5, 0.6) is 5.75 Å². The zero-order valence-electron chi connectivity index (χ0n) is 20.9. The standard InChI is InChI=1S/C28H30N4O4/c1-5-32-24(13-14-29-32)27(33)30-20-7-6-8-21(16-20)31-28(34)25-12-10-22(36-25)17-35-26-15-19(4)9-11-23(26)18(2)3/h6-16,18H,5,17H2,1-4H3,(H,30,33)(H,31,34). The van der Waals surface area contributed by atoms with Crippen LogP contribution in [0.25, 0.3) is 0 Å². The lowest BCUT2D eigenvalue weighted by molar-refractivity contribution is 0.0990. The van der Waals surface area contributed by atoms with E-state index in [2.05, 4.69) is 41.7 Å². The lowest BCUT2D eigenvalue weighted by Gasteiger charge is -2.14. The number of carbonyl (C=O) groups is 2. The van der Waals surface area contributed by atoms with E-state index in [1.165, 1.54) is 0 Å². The molecule has 0 bridgehead atoms. The Morgan fingerprint density at radius 2 is 1.75 bits per heavy atom. The largest absolute Gasteiger partial charge is 0.485 e. The third-order valence-corrected chi connectivity index (χ3v) is 5.67. The number of ether oxygens (including phenoxy) is 1. The van der Waals surface area contributed by atoms with E-state index in [-0.39, 0.29) is 18.3 Å². The number of rotatable bonds is 9. The van der Waals surface area contributed by atoms with Crippen LogP contribution in [0.4, 0.5) is 11.4 Å². The van der Waals surface area contributed by atoms with Gasteiger partial charge in [0.15, 0.2) is 5.76 Å². The summed E-state index contributed by atoms with van der Waals surface area (Å²) in [4.78, 5) is 25.3. The number of carbonyl (C=O) groups excluding carboxylic acids is 2. The first-order valence-electron chi connectivity index (χ1n) is 11.9. The molecule has 4 rings (SSSR count). The number of nitrogens with zero attached hydrogens (tertiary/aromatic N) is 2. The van der Waals surface area contributed by atoms with Crippen molar-refractivity contribution in [1.82, 2.24) is 9.78 Å². The van der Waals surface area contributed by atoms with Crippen molar-refractivity contribution >= 4 is 23.2 Å². The van der Waals surface area contributed by atoms with Gasteiger partial charge in [-0.25, -0.2) is 0 Å². The number of hydrogen-bond donors (Lipinski definition) is 2. The summed E-state index contributed by atoms with van der Waals surface area (Å²) in [5.41, 5.74) is 3.77. The van der Waals surface area contributed by atoms with Gasteiger partial charge >= 0.3 is 0 Å². The second-order valence-corrected chi connectivity index (χ2v) is 8.77. The smallest absolute Gasteiger partial charge is 0.291 e. The van der Waals surface area contributed by atoms with Gasteiger partial charge in [0.25, 0.3) is 11.8 Å². The van der Waals surface area contributed by atoms with Gasteiger partial charge in [0.05, 0.1) is 0 Å². The van der Waals surface area contributed by atoms with E-state index in [4.69, 9.17) is 9.15 Å². The van der Waals surface area contributed by atoms with Crippen LogP contribution in [0.1, 0.15) is 64.6 Å². The van der Waals surface area contributed by atoms with E-state index in [0.717, 1.165) is 16.9 Å². The van der Waals surface area contributed by atoms with E-state index in [9.17, 15) is 9.59 Å². The maximum atomic E-state index is 12.7. The third-order valence-electron chi connectivity index (χ3n) is 5.67. The molecule has 0 saturated heterocycles. The Hall–Kier alpha value is -4.33. The molecule has 2 heterocycles. The number of anilines is 2. The maximum absolute atomic E-state index is 12.7. The van der Waals surface area contributed by atoms with Crippen molar-refractivity contribution in [3.8, 4) is 5.75 Å². The van der Waals surface area contributed by atoms with E-state index in [1.54, 1.807) is 53.3 Å². The quantitative estimate of drug-likeness (QED) is 0.302. The van der Waals surface area contributed by atoms with Gasteiger partial charge in [-0.3, -0.25) is 14.3 Å². The van der Waals surface area contributed by atoms with Gasteiger partial charge in [-0.15, -0.1) is 0 Å². The Morgan fingerprint density at radius 3 is 2.47 bits per heavy atom. The second-order valence-electron chi connectivity index (χ2n) is 8.77. The lowest BCUT2D eigenvalue weighted by atomic mass is 10.0. The van der Waals surface area contributed by atoms with E-state index >= 15 is 0 Å². The molecule has 0 fully saturated rings. The minimum atomic E-state index is -0.396. The van der Waals surface area contributed by atoms with Crippen LogP contribution in [0.3, 0.4) is 0 Å². The van der Waals surface area contributed by atoms with Crippen LogP contribution in [-0.2, 0) is 13.2 Å². The minimum absolute atomic E-state index is 0.170. The van der Waals surface area contributed by atoms with Crippen LogP contribution in [-0.4, -0.2) is 21.6 Å². The van der Waals surface area contributed by atoms with Gasteiger partial charge in [0.1, 0.15) is 23.8 Å². The number of aromatic nitrogens is 2. The molecule has 0 spiro atoms. The molecular weight excluding hydrogens is 456 g/mol. The van der Waals surface area contributed by atoms with Crippen molar-refractivity contribution in [2.24, 2.45) is 0 Å². The molecule has 0 aliphatic rings. The van der Waals surface area contributed by atoms with Gasteiger partial charge < -0.3 is 19.8 Å². The van der Waals surface area contributed by atoms with Crippen molar-refractivity contribution in [1.29, 1.82) is 0 Å². The zero-order valence-corrected chi connectivity index (χ0v) is 20.9. The average molecular weight is 487 g/mol. The highest BCUT2D eigenvalue weighted by molar-refractivity contribution is 6.05. The van der Waals surface area contributed by atoms with Gasteiger partial charge in [-0.2, -0.15) is 5.10 Å². The normalized spacial score (nSPS) is 10.9. The van der Waals surface area contributed by atoms with Gasteiger partial charge in [0, 0.05) is 24.1 Å². The number of benzene rings is 2. The van der Waals surface area contributed by atoms with Crippen molar-refractivity contribution in [2.75, 3.05) is 10.6 Å². The number of aryl methyl sites for hydroxylation is 2. The molecule has 0 aliphatic carbocycles. The number of amides is 2. The summed E-state index contributed by atoms with van der Waals surface area (Å²) < 4.78 is 13.3. The summed E-state index contributed by atoms with van der Waals surface area (Å²) in [6.07, 6.45) is 1.59. The molecule has 0 radical (unpaired) electrons. The van der Waals surface area contributed by atoms with Gasteiger partial charge in [-0.05, 0) is 73.4 Å². The molecule has 2 amide bonds. The molecule has 0 aliphatic heterocycles.